The van der Waals surface area contributed by atoms with Crippen LogP contribution in [0.5, 0.6) is 0 Å². The number of carbonyl (C=O) groups is 1. The fraction of sp³-hybridized carbons (Fsp3) is 0.500. The van der Waals surface area contributed by atoms with Crippen LogP contribution in [0.3, 0.4) is 0 Å². The third-order valence-electron chi connectivity index (χ3n) is 6.24. The summed E-state index contributed by atoms with van der Waals surface area (Å²) in [5.74, 6) is 6.32. The average molecular weight is 534 g/mol. The van der Waals surface area contributed by atoms with Gasteiger partial charge in [-0.25, -0.2) is 14.6 Å². The smallest absolute Gasteiger partial charge is 0.407 e. The molecule has 0 saturated carbocycles. The van der Waals surface area contributed by atoms with Crippen molar-refractivity contribution in [2.24, 2.45) is 7.05 Å². The number of rotatable bonds is 5. The highest BCUT2D eigenvalue weighted by molar-refractivity contribution is 5.75. The summed E-state index contributed by atoms with van der Waals surface area (Å²) in [5, 5.41) is 12.3. The van der Waals surface area contributed by atoms with Crippen LogP contribution >= 0.6 is 0 Å². The van der Waals surface area contributed by atoms with Crippen LogP contribution in [0.2, 0.25) is 0 Å². The first-order valence-corrected chi connectivity index (χ1v) is 12.6. The summed E-state index contributed by atoms with van der Waals surface area (Å²) in [6.45, 7) is 8.15. The fourth-order valence-corrected chi connectivity index (χ4v) is 4.53. The van der Waals surface area contributed by atoms with Crippen LogP contribution in [-0.2, 0) is 24.9 Å². The Kier molecular flexibility index (Phi) is 7.72. The standard InChI is InChI=1S/C26H31N9O4/c1-6-7-13-34-20-21(31-23(34)33-12-8-9-17(15-33)30-24(37)39-26(2,3)4)32(5)25(38)35(22(20)36)16-19-18(14-27)28-10-11-29-19/h10-11,17H,8-9,12-13,15-16H2,1-5H3,(H,30,37)/t17-/m1/s1. The average Bonchev–Trinajstić information content (AvgIpc) is 3.27. The van der Waals surface area contributed by atoms with Gasteiger partial charge in [0.05, 0.1) is 18.8 Å². The van der Waals surface area contributed by atoms with Crippen LogP contribution in [0.4, 0.5) is 10.7 Å². The Bertz CT molecular complexity index is 1630. The van der Waals surface area contributed by atoms with Crippen molar-refractivity contribution in [3.63, 3.8) is 0 Å². The summed E-state index contributed by atoms with van der Waals surface area (Å²) in [5.41, 5.74) is -1.10. The monoisotopic (exact) mass is 533 g/mol. The Labute approximate surface area is 225 Å². The lowest BCUT2D eigenvalue weighted by atomic mass is 10.1. The molecule has 0 spiro atoms. The molecule has 0 radical (unpaired) electrons. The lowest BCUT2D eigenvalue weighted by molar-refractivity contribution is 0.0499. The number of nitrogens with zero attached hydrogens (tertiary/aromatic N) is 8. The van der Waals surface area contributed by atoms with Crippen LogP contribution < -0.4 is 21.5 Å². The zero-order valence-corrected chi connectivity index (χ0v) is 22.7. The van der Waals surface area contributed by atoms with Crippen molar-refractivity contribution in [1.29, 1.82) is 5.26 Å². The molecule has 13 heteroatoms. The summed E-state index contributed by atoms with van der Waals surface area (Å²) in [4.78, 5) is 54.2. The molecule has 4 heterocycles. The molecule has 0 unspecified atom stereocenters. The fourth-order valence-electron chi connectivity index (χ4n) is 4.53. The molecule has 1 saturated heterocycles. The third kappa shape index (κ3) is 5.77. The van der Waals surface area contributed by atoms with Gasteiger partial charge in [0.1, 0.15) is 11.7 Å². The molecule has 1 aliphatic heterocycles. The van der Waals surface area contributed by atoms with Gasteiger partial charge in [-0.2, -0.15) is 10.2 Å². The number of nitriles is 1. The number of fused-ring (bicyclic) bond motifs is 1. The maximum Gasteiger partial charge on any atom is 0.407 e. The number of alkyl carbamates (subject to hydrolysis) is 1. The first-order chi connectivity index (χ1) is 18.5. The Morgan fingerprint density at radius 1 is 1.23 bits per heavy atom. The van der Waals surface area contributed by atoms with Crippen LogP contribution in [0.25, 0.3) is 11.2 Å². The number of piperidine rings is 1. The van der Waals surface area contributed by atoms with Gasteiger partial charge in [0.2, 0.25) is 5.95 Å². The van der Waals surface area contributed by atoms with Crippen molar-refractivity contribution >= 4 is 23.2 Å². The van der Waals surface area contributed by atoms with Gasteiger partial charge in [0.25, 0.3) is 5.56 Å². The van der Waals surface area contributed by atoms with E-state index in [2.05, 4.69) is 27.1 Å². The minimum Gasteiger partial charge on any atom is -0.444 e. The maximum atomic E-state index is 13.7. The minimum atomic E-state index is -0.616. The quantitative estimate of drug-likeness (QED) is 0.475. The molecular formula is C26H31N9O4. The molecular weight excluding hydrogens is 502 g/mol. The van der Waals surface area contributed by atoms with E-state index in [-0.39, 0.29) is 41.7 Å². The van der Waals surface area contributed by atoms with Crippen LogP contribution in [0.1, 0.15) is 51.9 Å². The van der Waals surface area contributed by atoms with Gasteiger partial charge < -0.3 is 15.0 Å². The number of hydrogen-bond donors (Lipinski definition) is 1. The molecule has 0 bridgehead atoms. The summed E-state index contributed by atoms with van der Waals surface area (Å²) in [6, 6.07) is 1.75. The van der Waals surface area contributed by atoms with Gasteiger partial charge in [-0.05, 0) is 40.5 Å². The Balaban J connectivity index is 1.77. The number of ether oxygens (including phenoxy) is 1. The van der Waals surface area contributed by atoms with E-state index in [0.717, 1.165) is 17.4 Å². The van der Waals surface area contributed by atoms with Gasteiger partial charge in [-0.1, -0.05) is 5.92 Å². The lowest BCUT2D eigenvalue weighted by Gasteiger charge is -2.34. The van der Waals surface area contributed by atoms with E-state index in [1.165, 1.54) is 24.0 Å². The third-order valence-corrected chi connectivity index (χ3v) is 6.24. The summed E-state index contributed by atoms with van der Waals surface area (Å²) in [7, 11) is 1.54. The van der Waals surface area contributed by atoms with Gasteiger partial charge in [-0.15, -0.1) is 5.92 Å². The summed E-state index contributed by atoms with van der Waals surface area (Å²) in [6.07, 6.45) is 3.82. The molecule has 13 nitrogen and oxygen atoms in total. The molecule has 0 aromatic carbocycles. The molecule has 0 aliphatic carbocycles. The molecule has 39 heavy (non-hydrogen) atoms. The second-order valence-electron chi connectivity index (χ2n) is 10.2. The predicted octanol–water partition coefficient (Wildman–Crippen LogP) is 1.12. The van der Waals surface area contributed by atoms with Crippen molar-refractivity contribution in [3.8, 4) is 17.9 Å². The van der Waals surface area contributed by atoms with Crippen LogP contribution in [-0.4, -0.2) is 59.5 Å². The van der Waals surface area contributed by atoms with E-state index in [1.54, 1.807) is 32.3 Å². The molecule has 1 atom stereocenters. The lowest BCUT2D eigenvalue weighted by Crippen LogP contribution is -2.49. The first kappa shape index (κ1) is 27.4. The largest absolute Gasteiger partial charge is 0.444 e. The highest BCUT2D eigenvalue weighted by atomic mass is 16.6. The molecule has 3 aromatic rings. The number of imidazole rings is 1. The van der Waals surface area contributed by atoms with Crippen molar-refractivity contribution < 1.29 is 9.53 Å². The first-order valence-electron chi connectivity index (χ1n) is 12.6. The van der Waals surface area contributed by atoms with E-state index in [0.29, 0.717) is 19.0 Å². The topological polar surface area (TPSA) is 153 Å². The Hall–Kier alpha value is -4.65. The van der Waals surface area contributed by atoms with Crippen LogP contribution in [0, 0.1) is 23.2 Å². The summed E-state index contributed by atoms with van der Waals surface area (Å²) < 4.78 is 9.44. The second kappa shape index (κ2) is 11.0. The van der Waals surface area contributed by atoms with E-state index < -0.39 is 22.9 Å². The van der Waals surface area contributed by atoms with Gasteiger partial charge >= 0.3 is 11.8 Å². The minimum absolute atomic E-state index is 0.0365. The molecule has 1 fully saturated rings. The van der Waals surface area contributed by atoms with E-state index in [9.17, 15) is 19.6 Å². The molecule has 204 valence electrons. The Morgan fingerprint density at radius 2 is 1.97 bits per heavy atom. The molecule has 1 amide bonds. The van der Waals surface area contributed by atoms with Gasteiger partial charge in [-0.3, -0.25) is 23.5 Å². The normalized spacial score (nSPS) is 15.4. The number of aromatic nitrogens is 6. The molecule has 1 N–H and O–H groups in total. The van der Waals surface area contributed by atoms with Crippen molar-refractivity contribution in [1.82, 2.24) is 34.0 Å². The van der Waals surface area contributed by atoms with Crippen molar-refractivity contribution in [3.05, 3.63) is 44.6 Å². The number of nitrogens with one attached hydrogen (secondary N) is 1. The molecule has 1 aliphatic rings. The molecule has 4 rings (SSSR count). The number of amides is 1. The van der Waals surface area contributed by atoms with E-state index in [4.69, 9.17) is 9.72 Å². The van der Waals surface area contributed by atoms with E-state index in [1.807, 2.05) is 11.0 Å². The number of hydrogen-bond acceptors (Lipinski definition) is 9. The zero-order valence-electron chi connectivity index (χ0n) is 22.7. The van der Waals surface area contributed by atoms with Crippen LogP contribution in [0.15, 0.2) is 22.0 Å². The highest BCUT2D eigenvalue weighted by Crippen LogP contribution is 2.23. The second-order valence-corrected chi connectivity index (χ2v) is 10.2. The maximum absolute atomic E-state index is 13.7. The van der Waals surface area contributed by atoms with Crippen molar-refractivity contribution in [2.45, 2.75) is 65.3 Å². The Morgan fingerprint density at radius 3 is 2.67 bits per heavy atom. The van der Waals surface area contributed by atoms with E-state index >= 15 is 0 Å². The SMILES string of the molecule is CC#CCn1c(N2CCC[C@@H](NC(=O)OC(C)(C)C)C2)nc2c1c(=O)n(Cc1nccnc1C#N)c(=O)n2C. The molecule has 3 aromatic heterocycles. The number of aryl methyl sites for hydroxylation is 1. The number of carbonyl (C=O) groups excluding carboxylic acids is 1. The predicted molar refractivity (Wildman–Crippen MR) is 143 cm³/mol. The van der Waals surface area contributed by atoms with Gasteiger partial charge in [0, 0.05) is 38.6 Å². The van der Waals surface area contributed by atoms with Crippen molar-refractivity contribution in [2.75, 3.05) is 18.0 Å². The van der Waals surface area contributed by atoms with Gasteiger partial charge in [0.15, 0.2) is 16.9 Å². The summed E-state index contributed by atoms with van der Waals surface area (Å²) >= 11 is 0. The number of anilines is 1. The zero-order chi connectivity index (χ0) is 28.3. The highest BCUT2D eigenvalue weighted by Gasteiger charge is 2.29.